The number of carbonyl (C=O) groups excluding carboxylic acids is 2. The molecule has 1 aliphatic rings. The van der Waals surface area contributed by atoms with E-state index in [1.165, 1.54) is 17.0 Å². The van der Waals surface area contributed by atoms with Gasteiger partial charge in [0.2, 0.25) is 5.91 Å². The molecule has 2 N–H and O–H groups in total. The van der Waals surface area contributed by atoms with E-state index in [1.807, 2.05) is 39.0 Å². The molecule has 4 rings (SSSR count). The Morgan fingerprint density at radius 1 is 0.976 bits per heavy atom. The molecule has 2 heterocycles. The molecule has 2 amide bonds. The van der Waals surface area contributed by atoms with Gasteiger partial charge in [-0.15, -0.1) is 0 Å². The number of anilines is 1. The zero-order chi connectivity index (χ0) is 30.6. The fourth-order valence-corrected chi connectivity index (χ4v) is 4.28. The van der Waals surface area contributed by atoms with Crippen LogP contribution in [0.2, 0.25) is 0 Å². The van der Waals surface area contributed by atoms with Crippen molar-refractivity contribution >= 4 is 23.5 Å². The van der Waals surface area contributed by atoms with Gasteiger partial charge in [-0.05, 0) is 74.2 Å². The van der Waals surface area contributed by atoms with Crippen molar-refractivity contribution in [3.63, 3.8) is 0 Å². The number of hydrogen-bond donors (Lipinski definition) is 2. The number of carbonyl (C=O) groups is 3. The SMILES string of the molecule is Cc1cc(C)cc(N2CCN(C(=O)c3cc(Cc4n[nH]c(=O)c(C)c4C)ccc3F)CC2=O)c1.O=C(O)C(F)(F)F. The van der Waals surface area contributed by atoms with Crippen LogP contribution in [-0.2, 0) is 16.0 Å². The van der Waals surface area contributed by atoms with Gasteiger partial charge in [0.15, 0.2) is 0 Å². The fraction of sp³-hybridized carbons (Fsp3) is 0.321. The van der Waals surface area contributed by atoms with Crippen molar-refractivity contribution < 1.29 is 37.1 Å². The molecular weight excluding hydrogens is 548 g/mol. The Labute approximate surface area is 232 Å². The largest absolute Gasteiger partial charge is 0.490 e. The van der Waals surface area contributed by atoms with E-state index >= 15 is 0 Å². The highest BCUT2D eigenvalue weighted by Gasteiger charge is 2.38. The summed E-state index contributed by atoms with van der Waals surface area (Å²) in [6.07, 6.45) is -4.75. The highest BCUT2D eigenvalue weighted by molar-refractivity contribution is 6.02. The number of aromatic nitrogens is 2. The van der Waals surface area contributed by atoms with E-state index in [9.17, 15) is 31.9 Å². The number of benzene rings is 2. The predicted molar refractivity (Wildman–Crippen MR) is 141 cm³/mol. The molecule has 13 heteroatoms. The van der Waals surface area contributed by atoms with Crippen LogP contribution in [0.15, 0.2) is 41.2 Å². The van der Waals surface area contributed by atoms with Crippen molar-refractivity contribution in [1.29, 1.82) is 0 Å². The smallest absolute Gasteiger partial charge is 0.475 e. The Balaban J connectivity index is 0.000000587. The molecule has 1 fully saturated rings. The molecule has 218 valence electrons. The van der Waals surface area contributed by atoms with Crippen LogP contribution >= 0.6 is 0 Å². The van der Waals surface area contributed by atoms with Crippen LogP contribution in [0.25, 0.3) is 0 Å². The summed E-state index contributed by atoms with van der Waals surface area (Å²) in [5, 5.41) is 13.7. The minimum absolute atomic E-state index is 0.0797. The average molecular weight is 577 g/mol. The Hall–Kier alpha value is -4.55. The molecule has 0 aliphatic carbocycles. The van der Waals surface area contributed by atoms with Crippen LogP contribution in [0.1, 0.15) is 43.9 Å². The van der Waals surface area contributed by atoms with Gasteiger partial charge in [-0.25, -0.2) is 14.3 Å². The third kappa shape index (κ3) is 7.56. The molecule has 1 aromatic heterocycles. The number of aromatic amines is 1. The first-order chi connectivity index (χ1) is 19.1. The van der Waals surface area contributed by atoms with E-state index in [1.54, 1.807) is 17.9 Å². The summed E-state index contributed by atoms with van der Waals surface area (Å²) in [7, 11) is 0. The second-order valence-electron chi connectivity index (χ2n) is 9.66. The van der Waals surface area contributed by atoms with Crippen LogP contribution in [0.4, 0.5) is 23.2 Å². The highest BCUT2D eigenvalue weighted by Crippen LogP contribution is 2.23. The minimum Gasteiger partial charge on any atom is -0.475 e. The summed E-state index contributed by atoms with van der Waals surface area (Å²) < 4.78 is 46.4. The molecule has 0 radical (unpaired) electrons. The van der Waals surface area contributed by atoms with E-state index in [2.05, 4.69) is 10.2 Å². The number of carboxylic acids is 1. The number of aryl methyl sites for hydroxylation is 2. The van der Waals surface area contributed by atoms with Crippen molar-refractivity contribution in [3.05, 3.63) is 91.6 Å². The fourth-order valence-electron chi connectivity index (χ4n) is 4.28. The first-order valence-electron chi connectivity index (χ1n) is 12.4. The number of hydrogen-bond acceptors (Lipinski definition) is 5. The van der Waals surface area contributed by atoms with Crippen LogP contribution in [-0.4, -0.2) is 63.8 Å². The lowest BCUT2D eigenvalue weighted by Gasteiger charge is -2.34. The minimum atomic E-state index is -5.08. The van der Waals surface area contributed by atoms with Crippen molar-refractivity contribution in [3.8, 4) is 0 Å². The van der Waals surface area contributed by atoms with E-state index < -0.39 is 23.9 Å². The molecule has 1 saturated heterocycles. The van der Waals surface area contributed by atoms with Gasteiger partial charge in [0.05, 0.1) is 11.3 Å². The number of alkyl halides is 3. The molecule has 1 aliphatic heterocycles. The lowest BCUT2D eigenvalue weighted by atomic mass is 10.0. The zero-order valence-electron chi connectivity index (χ0n) is 22.7. The number of piperazine rings is 1. The molecule has 3 aromatic rings. The first-order valence-corrected chi connectivity index (χ1v) is 12.4. The van der Waals surface area contributed by atoms with E-state index in [4.69, 9.17) is 9.90 Å². The van der Waals surface area contributed by atoms with Gasteiger partial charge in [0, 0.05) is 30.8 Å². The molecule has 9 nitrogen and oxygen atoms in total. The van der Waals surface area contributed by atoms with Gasteiger partial charge in [-0.1, -0.05) is 12.1 Å². The van der Waals surface area contributed by atoms with Gasteiger partial charge in [-0.2, -0.15) is 18.3 Å². The Bertz CT molecular complexity index is 1530. The van der Waals surface area contributed by atoms with Crippen molar-refractivity contribution in [2.45, 2.75) is 40.3 Å². The Kier molecular flexibility index (Phi) is 9.31. The van der Waals surface area contributed by atoms with Crippen molar-refractivity contribution in [2.75, 3.05) is 24.5 Å². The molecular formula is C28H28F4N4O5. The molecule has 41 heavy (non-hydrogen) atoms. The monoisotopic (exact) mass is 576 g/mol. The number of aliphatic carboxylic acids is 1. The average Bonchev–Trinajstić information content (AvgIpc) is 2.88. The summed E-state index contributed by atoms with van der Waals surface area (Å²) in [5.41, 5.74) is 5.26. The van der Waals surface area contributed by atoms with Gasteiger partial charge < -0.3 is 14.9 Å². The maximum absolute atomic E-state index is 14.6. The van der Waals surface area contributed by atoms with Gasteiger partial charge >= 0.3 is 12.1 Å². The van der Waals surface area contributed by atoms with E-state index in [0.717, 1.165) is 22.4 Å². The van der Waals surface area contributed by atoms with E-state index in [0.29, 0.717) is 36.3 Å². The third-order valence-electron chi connectivity index (χ3n) is 6.53. The lowest BCUT2D eigenvalue weighted by Crippen LogP contribution is -2.52. The maximum Gasteiger partial charge on any atom is 0.490 e. The van der Waals surface area contributed by atoms with Crippen LogP contribution in [0.3, 0.4) is 0 Å². The Morgan fingerprint density at radius 3 is 2.15 bits per heavy atom. The molecule has 0 atom stereocenters. The third-order valence-corrected chi connectivity index (χ3v) is 6.53. The maximum atomic E-state index is 14.6. The molecule has 0 unspecified atom stereocenters. The number of amides is 2. The van der Waals surface area contributed by atoms with Crippen molar-refractivity contribution in [1.82, 2.24) is 15.1 Å². The second kappa shape index (κ2) is 12.3. The van der Waals surface area contributed by atoms with E-state index in [-0.39, 0.29) is 23.6 Å². The standard InChI is InChI=1S/C26H27FN4O3.C2HF3O2/c1-15-9-16(2)11-20(10-15)31-8-7-30(14-24(31)32)26(34)21-12-19(5-6-22(21)27)13-23-17(3)18(4)25(33)29-28-23;3-2(4,5)1(6)7/h5-6,9-12H,7-8,13-14H2,1-4H3,(H,29,33);(H,6,7). The number of rotatable bonds is 4. The number of nitrogens with zero attached hydrogens (tertiary/aromatic N) is 3. The van der Waals surface area contributed by atoms with Gasteiger partial charge in [-0.3, -0.25) is 14.4 Å². The van der Waals surface area contributed by atoms with Crippen LogP contribution in [0, 0.1) is 33.5 Å². The summed E-state index contributed by atoms with van der Waals surface area (Å²) in [5.74, 6) is -4.12. The first kappa shape index (κ1) is 31.0. The normalized spacial score (nSPS) is 13.5. The summed E-state index contributed by atoms with van der Waals surface area (Å²) in [6, 6.07) is 10.3. The highest BCUT2D eigenvalue weighted by atomic mass is 19.4. The lowest BCUT2D eigenvalue weighted by molar-refractivity contribution is -0.192. The number of carboxylic acid groups (broad SMARTS) is 1. The Morgan fingerprint density at radius 2 is 1.59 bits per heavy atom. The van der Waals surface area contributed by atoms with Gasteiger partial charge in [0.1, 0.15) is 12.4 Å². The second-order valence-corrected chi connectivity index (χ2v) is 9.66. The van der Waals surface area contributed by atoms with Crippen LogP contribution < -0.4 is 10.5 Å². The predicted octanol–water partition coefficient (Wildman–Crippen LogP) is 3.86. The number of halogens is 4. The summed E-state index contributed by atoms with van der Waals surface area (Å²) in [4.78, 5) is 49.7. The summed E-state index contributed by atoms with van der Waals surface area (Å²) >= 11 is 0. The molecule has 0 bridgehead atoms. The van der Waals surface area contributed by atoms with Crippen LogP contribution in [0.5, 0.6) is 0 Å². The van der Waals surface area contributed by atoms with Crippen molar-refractivity contribution in [2.24, 2.45) is 0 Å². The number of H-pyrrole nitrogens is 1. The molecule has 0 saturated carbocycles. The molecule has 2 aromatic carbocycles. The molecule has 0 spiro atoms. The quantitative estimate of drug-likeness (QED) is 0.455. The zero-order valence-corrected chi connectivity index (χ0v) is 22.7. The van der Waals surface area contributed by atoms with Gasteiger partial charge in [0.25, 0.3) is 11.5 Å². The topological polar surface area (TPSA) is 124 Å². The summed E-state index contributed by atoms with van der Waals surface area (Å²) in [6.45, 7) is 8.01. The number of nitrogens with one attached hydrogen (secondary N) is 1.